The molecule has 0 spiro atoms. The molecule has 0 bridgehead atoms. The Morgan fingerprint density at radius 3 is 1.46 bits per heavy atom. The second-order valence-corrected chi connectivity index (χ2v) is 18.2. The zero-order valence-corrected chi connectivity index (χ0v) is 47.0. The molecular weight excluding hydrogens is 945 g/mol. The Hall–Kier alpha value is -8.86. The van der Waals surface area contributed by atoms with Gasteiger partial charge in [-0.15, -0.1) is 0 Å². The zero-order valence-electron chi connectivity index (χ0n) is 47.0. The smallest absolute Gasteiger partial charge is 0.0713 e. The van der Waals surface area contributed by atoms with Crippen LogP contribution in [0.2, 0.25) is 0 Å². The predicted octanol–water partition coefficient (Wildman–Crippen LogP) is 19.3. The number of benzene rings is 9. The van der Waals surface area contributed by atoms with E-state index in [-0.39, 0.29) is 6.04 Å². The van der Waals surface area contributed by atoms with Crippen LogP contribution in [-0.4, -0.2) is 25.4 Å². The van der Waals surface area contributed by atoms with Crippen LogP contribution in [-0.2, 0) is 25.0 Å². The lowest BCUT2D eigenvalue weighted by Gasteiger charge is -2.37. The molecule has 9 aromatic carbocycles. The quantitative estimate of drug-likeness (QED) is 0.0526. The van der Waals surface area contributed by atoms with Gasteiger partial charge in [-0.3, -0.25) is 20.0 Å². The van der Waals surface area contributed by atoms with Gasteiger partial charge in [-0.1, -0.05) is 275 Å². The van der Waals surface area contributed by atoms with Crippen LogP contribution in [0.25, 0.3) is 17.2 Å². The SMILES string of the molecule is C/C=C\C.C=NC(C)c1cccc(-c2ccccc2)c1.C=NCc1cccc(/C=C/C)c1.CC.CC(=NCc1ccc(C(c2ccccc2)(c2ccccc2)c2ccc(C=NCc3ccccc3)cc2)cc1)c1ccccc1. The van der Waals surface area contributed by atoms with E-state index in [0.29, 0.717) is 19.6 Å². The van der Waals surface area contributed by atoms with E-state index in [1.807, 2.05) is 83.3 Å². The third kappa shape index (κ3) is 18.2. The first-order chi connectivity index (χ1) is 38.3. The highest BCUT2D eigenvalue weighted by Crippen LogP contribution is 2.45. The zero-order chi connectivity index (χ0) is 55.6. The first-order valence-corrected chi connectivity index (χ1v) is 27.1. The Balaban J connectivity index is 0.000000267. The molecule has 78 heavy (non-hydrogen) atoms. The van der Waals surface area contributed by atoms with Gasteiger partial charge in [0.15, 0.2) is 0 Å². The summed E-state index contributed by atoms with van der Waals surface area (Å²) in [5.74, 6) is 0. The predicted molar refractivity (Wildman–Crippen MR) is 341 cm³/mol. The molecule has 0 aliphatic carbocycles. The number of hydrogen-bond acceptors (Lipinski definition) is 4. The second-order valence-electron chi connectivity index (χ2n) is 18.2. The van der Waals surface area contributed by atoms with Crippen LogP contribution in [0.15, 0.2) is 287 Å². The summed E-state index contributed by atoms with van der Waals surface area (Å²) >= 11 is 0. The van der Waals surface area contributed by atoms with Crippen molar-refractivity contribution in [2.75, 3.05) is 0 Å². The molecule has 4 heteroatoms. The maximum Gasteiger partial charge on any atom is 0.0713 e. The fourth-order valence-corrected chi connectivity index (χ4v) is 8.71. The van der Waals surface area contributed by atoms with Crippen molar-refractivity contribution in [3.05, 3.63) is 328 Å². The Bertz CT molecular complexity index is 3170. The number of hydrogen-bond donors (Lipinski definition) is 0. The lowest BCUT2D eigenvalue weighted by atomic mass is 9.65. The molecule has 0 aliphatic rings. The molecule has 0 saturated heterocycles. The summed E-state index contributed by atoms with van der Waals surface area (Å²) in [6.07, 6.45) is 10.1. The van der Waals surface area contributed by atoms with Crippen molar-refractivity contribution in [3.8, 4) is 11.1 Å². The lowest BCUT2D eigenvalue weighted by molar-refractivity contribution is 0.744. The van der Waals surface area contributed by atoms with E-state index in [1.165, 1.54) is 61.2 Å². The third-order valence-electron chi connectivity index (χ3n) is 12.9. The summed E-state index contributed by atoms with van der Waals surface area (Å²) < 4.78 is 0. The van der Waals surface area contributed by atoms with E-state index < -0.39 is 5.41 Å². The van der Waals surface area contributed by atoms with Crippen molar-refractivity contribution in [3.63, 3.8) is 0 Å². The molecule has 0 aromatic heterocycles. The Morgan fingerprint density at radius 2 is 0.923 bits per heavy atom. The fourth-order valence-electron chi connectivity index (χ4n) is 8.71. The van der Waals surface area contributed by atoms with Gasteiger partial charge in [0, 0.05) is 11.9 Å². The molecule has 0 N–H and O–H groups in total. The van der Waals surface area contributed by atoms with Gasteiger partial charge >= 0.3 is 0 Å². The van der Waals surface area contributed by atoms with Gasteiger partial charge in [0.25, 0.3) is 0 Å². The molecule has 1 unspecified atom stereocenters. The van der Waals surface area contributed by atoms with Gasteiger partial charge in [0.1, 0.15) is 0 Å². The van der Waals surface area contributed by atoms with Crippen molar-refractivity contribution in [2.45, 2.75) is 79.6 Å². The molecule has 0 fully saturated rings. The summed E-state index contributed by atoms with van der Waals surface area (Å²) in [5, 5.41) is 0. The minimum Gasteiger partial charge on any atom is -0.296 e. The highest BCUT2D eigenvalue weighted by atomic mass is 14.7. The maximum atomic E-state index is 4.89. The second kappa shape index (κ2) is 33.9. The topological polar surface area (TPSA) is 49.4 Å². The van der Waals surface area contributed by atoms with Crippen LogP contribution in [0.1, 0.15) is 116 Å². The standard InChI is InChI=1S/C42H36N2.C15H15N.C11H13N.C4H8.C2H6/c1-33(37-16-8-3-9-17-37)44-32-36-24-28-41(29-25-36)42(38-18-10-4-11-19-38,39-20-12-5-13-21-39)40-26-22-35(23-27-40)31-43-30-34-14-6-2-7-15-34;1-12(16-2)14-9-6-10-15(11-14)13-7-4-3-5-8-13;1-3-5-10-6-4-7-11(8-10)9-12-2;1-3-4-2;1-2/h2-29,31H,30,32H2,1H3;3-12H,2H2,1H3;3-8H,2,9H2,1H3;3-4H,1-2H3;1-2H3/b;;5-3+;4-3-;. The minimum absolute atomic E-state index is 0.156. The van der Waals surface area contributed by atoms with Gasteiger partial charge in [-0.2, -0.15) is 0 Å². The molecular formula is C74H78N4. The summed E-state index contributed by atoms with van der Waals surface area (Å²) in [6.45, 7) is 23.2. The van der Waals surface area contributed by atoms with Crippen molar-refractivity contribution in [2.24, 2.45) is 20.0 Å². The molecule has 0 amide bonds. The minimum atomic E-state index is -0.496. The average molecular weight is 1020 g/mol. The molecule has 0 aliphatic heterocycles. The third-order valence-corrected chi connectivity index (χ3v) is 12.9. The van der Waals surface area contributed by atoms with E-state index in [4.69, 9.17) is 9.98 Å². The normalized spacial score (nSPS) is 11.4. The van der Waals surface area contributed by atoms with Gasteiger partial charge in [0.05, 0.1) is 31.1 Å². The molecule has 9 rings (SSSR count). The molecule has 4 nitrogen and oxygen atoms in total. The molecule has 1 atom stereocenters. The van der Waals surface area contributed by atoms with Crippen molar-refractivity contribution in [1.29, 1.82) is 0 Å². The van der Waals surface area contributed by atoms with Crippen LogP contribution in [0.4, 0.5) is 0 Å². The van der Waals surface area contributed by atoms with E-state index in [0.717, 1.165) is 16.8 Å². The Kier molecular flexibility index (Phi) is 26.1. The van der Waals surface area contributed by atoms with Gasteiger partial charge in [0.2, 0.25) is 0 Å². The summed E-state index contributed by atoms with van der Waals surface area (Å²) in [6, 6.07) is 87.5. The molecule has 0 radical (unpaired) electrons. The maximum absolute atomic E-state index is 4.89. The Labute approximate surface area is 467 Å². The van der Waals surface area contributed by atoms with Crippen LogP contribution in [0.3, 0.4) is 0 Å². The van der Waals surface area contributed by atoms with Crippen LogP contribution < -0.4 is 0 Å². The van der Waals surface area contributed by atoms with Crippen LogP contribution >= 0.6 is 0 Å². The number of nitrogens with zero attached hydrogens (tertiary/aromatic N) is 4. The summed E-state index contributed by atoms with van der Waals surface area (Å²) in [4.78, 5) is 17.5. The van der Waals surface area contributed by atoms with Gasteiger partial charge in [-0.05, 0) is 133 Å². The first kappa shape index (κ1) is 60.0. The lowest BCUT2D eigenvalue weighted by Crippen LogP contribution is -2.31. The van der Waals surface area contributed by atoms with Crippen molar-refractivity contribution >= 4 is 31.4 Å². The Morgan fingerprint density at radius 1 is 0.449 bits per heavy atom. The molecule has 394 valence electrons. The average Bonchev–Trinajstić information content (AvgIpc) is 3.59. The largest absolute Gasteiger partial charge is 0.296 e. The van der Waals surface area contributed by atoms with E-state index >= 15 is 0 Å². The van der Waals surface area contributed by atoms with E-state index in [2.05, 4.69) is 268 Å². The molecule has 0 heterocycles. The summed E-state index contributed by atoms with van der Waals surface area (Å²) in [7, 11) is 0. The number of rotatable bonds is 16. The van der Waals surface area contributed by atoms with Gasteiger partial charge < -0.3 is 0 Å². The van der Waals surface area contributed by atoms with E-state index in [1.54, 1.807) is 0 Å². The van der Waals surface area contributed by atoms with Gasteiger partial charge in [-0.25, -0.2) is 0 Å². The van der Waals surface area contributed by atoms with Crippen LogP contribution in [0.5, 0.6) is 0 Å². The van der Waals surface area contributed by atoms with Crippen molar-refractivity contribution < 1.29 is 0 Å². The molecule has 0 saturated carbocycles. The van der Waals surface area contributed by atoms with E-state index in [9.17, 15) is 0 Å². The number of aliphatic imine (C=N–C) groups is 4. The first-order valence-electron chi connectivity index (χ1n) is 27.1. The monoisotopic (exact) mass is 1020 g/mol. The number of allylic oxidation sites excluding steroid dienone is 3. The van der Waals surface area contributed by atoms with Crippen molar-refractivity contribution in [1.82, 2.24) is 0 Å². The highest BCUT2D eigenvalue weighted by Gasteiger charge is 2.38. The highest BCUT2D eigenvalue weighted by molar-refractivity contribution is 5.98. The fraction of sp³-hybridized carbons (Fsp3) is 0.162. The molecule has 9 aromatic rings. The summed E-state index contributed by atoms with van der Waals surface area (Å²) in [5.41, 5.74) is 16.2. The van der Waals surface area contributed by atoms with Crippen LogP contribution in [0, 0.1) is 0 Å².